The minimum Gasteiger partial charge on any atom is -0.303 e. The molecule has 0 aromatic heterocycles. The molecule has 3 saturated carbocycles. The fourth-order valence-electron chi connectivity index (χ4n) is 2.35. The highest BCUT2D eigenvalue weighted by molar-refractivity contribution is 6.24. The number of rotatable bonds is 1. The van der Waals surface area contributed by atoms with Gasteiger partial charge in [0.2, 0.25) is 0 Å². The number of fused-ring (bicyclic) bond motifs is 3. The standard InChI is InChI=1S/C9H13ClO/c10-9-4-1-8(7-11,2-5-9)3-6-9/h7H,1-6H2. The quantitative estimate of drug-likeness (QED) is 0.439. The van der Waals surface area contributed by atoms with Gasteiger partial charge in [-0.05, 0) is 38.5 Å². The molecule has 0 amide bonds. The third-order valence-electron chi connectivity index (χ3n) is 3.46. The smallest absolute Gasteiger partial charge is 0.126 e. The van der Waals surface area contributed by atoms with Gasteiger partial charge in [-0.1, -0.05) is 0 Å². The van der Waals surface area contributed by atoms with Crippen LogP contribution in [0.5, 0.6) is 0 Å². The molecule has 3 fully saturated rings. The molecule has 0 N–H and O–H groups in total. The van der Waals surface area contributed by atoms with Crippen molar-refractivity contribution in [3.63, 3.8) is 0 Å². The molecule has 0 saturated heterocycles. The van der Waals surface area contributed by atoms with E-state index in [9.17, 15) is 4.79 Å². The van der Waals surface area contributed by atoms with Crippen LogP contribution in [0.15, 0.2) is 0 Å². The Morgan fingerprint density at radius 3 is 1.82 bits per heavy atom. The summed E-state index contributed by atoms with van der Waals surface area (Å²) in [6.07, 6.45) is 7.40. The fourth-order valence-corrected chi connectivity index (χ4v) is 2.63. The van der Waals surface area contributed by atoms with Crippen LogP contribution >= 0.6 is 11.6 Å². The summed E-state index contributed by atoms with van der Waals surface area (Å²) in [6, 6.07) is 0. The number of carbonyl (C=O) groups is 1. The Kier molecular flexibility index (Phi) is 1.54. The Hall–Kier alpha value is -0.0400. The van der Waals surface area contributed by atoms with Crippen molar-refractivity contribution in [1.29, 1.82) is 0 Å². The first-order valence-electron chi connectivity index (χ1n) is 4.33. The van der Waals surface area contributed by atoms with Crippen molar-refractivity contribution >= 4 is 17.9 Å². The first kappa shape index (κ1) is 7.60. The molecule has 62 valence electrons. The van der Waals surface area contributed by atoms with Crippen molar-refractivity contribution < 1.29 is 4.79 Å². The van der Waals surface area contributed by atoms with Gasteiger partial charge in [0.05, 0.1) is 0 Å². The summed E-state index contributed by atoms with van der Waals surface area (Å²) in [7, 11) is 0. The van der Waals surface area contributed by atoms with Crippen molar-refractivity contribution in [2.75, 3.05) is 0 Å². The Morgan fingerprint density at radius 1 is 1.00 bits per heavy atom. The van der Waals surface area contributed by atoms with Crippen molar-refractivity contribution in [2.24, 2.45) is 5.41 Å². The summed E-state index contributed by atoms with van der Waals surface area (Å²) >= 11 is 6.30. The number of halogens is 1. The maximum Gasteiger partial charge on any atom is 0.126 e. The lowest BCUT2D eigenvalue weighted by atomic mass is 9.61. The zero-order valence-electron chi connectivity index (χ0n) is 6.61. The second-order valence-corrected chi connectivity index (χ2v) is 4.93. The average molecular weight is 173 g/mol. The van der Waals surface area contributed by atoms with Gasteiger partial charge in [0.1, 0.15) is 6.29 Å². The van der Waals surface area contributed by atoms with E-state index < -0.39 is 0 Å². The number of alkyl halides is 1. The van der Waals surface area contributed by atoms with Crippen LogP contribution in [0.1, 0.15) is 38.5 Å². The van der Waals surface area contributed by atoms with Gasteiger partial charge in [0, 0.05) is 10.3 Å². The molecule has 1 nitrogen and oxygen atoms in total. The normalized spacial score (nSPS) is 49.2. The first-order chi connectivity index (χ1) is 5.18. The van der Waals surface area contributed by atoms with Crippen molar-refractivity contribution in [3.05, 3.63) is 0 Å². The van der Waals surface area contributed by atoms with Gasteiger partial charge < -0.3 is 4.79 Å². The SMILES string of the molecule is O=CC12CCC(Cl)(CC1)CC2. The highest BCUT2D eigenvalue weighted by atomic mass is 35.5. The molecule has 0 heterocycles. The summed E-state index contributed by atoms with van der Waals surface area (Å²) in [5, 5.41) is 0. The molecule has 0 aromatic rings. The molecule has 0 aromatic carbocycles. The monoisotopic (exact) mass is 172 g/mol. The minimum atomic E-state index is 0.0383. The second kappa shape index (κ2) is 2.22. The second-order valence-electron chi connectivity index (χ2n) is 4.13. The van der Waals surface area contributed by atoms with E-state index in [1.807, 2.05) is 0 Å². The van der Waals surface area contributed by atoms with Gasteiger partial charge in [-0.25, -0.2) is 0 Å². The molecule has 0 atom stereocenters. The molecule has 2 heteroatoms. The zero-order valence-corrected chi connectivity index (χ0v) is 7.36. The van der Waals surface area contributed by atoms with Gasteiger partial charge in [0.25, 0.3) is 0 Å². The lowest BCUT2D eigenvalue weighted by Gasteiger charge is -2.47. The van der Waals surface area contributed by atoms with E-state index in [1.165, 1.54) is 6.29 Å². The zero-order chi connectivity index (χ0) is 7.95. The molecule has 3 aliphatic rings. The van der Waals surface area contributed by atoms with Crippen molar-refractivity contribution in [1.82, 2.24) is 0 Å². The largest absolute Gasteiger partial charge is 0.303 e. The van der Waals surface area contributed by atoms with E-state index in [4.69, 9.17) is 11.6 Å². The number of aldehydes is 1. The molecule has 2 bridgehead atoms. The molecule has 11 heavy (non-hydrogen) atoms. The molecule has 0 spiro atoms. The van der Waals surface area contributed by atoms with Crippen LogP contribution in [0, 0.1) is 5.41 Å². The summed E-state index contributed by atoms with van der Waals surface area (Å²) in [5.41, 5.74) is 0.0383. The predicted octanol–water partition coefficient (Wildman–Crippen LogP) is 2.52. The molecular formula is C9H13ClO. The maximum atomic E-state index is 10.8. The van der Waals surface area contributed by atoms with Gasteiger partial charge in [0.15, 0.2) is 0 Å². The summed E-state index contributed by atoms with van der Waals surface area (Å²) < 4.78 is 0. The van der Waals surface area contributed by atoms with Crippen molar-refractivity contribution in [3.8, 4) is 0 Å². The molecule has 3 rings (SSSR count). The fraction of sp³-hybridized carbons (Fsp3) is 0.889. The van der Waals surface area contributed by atoms with E-state index in [1.54, 1.807) is 0 Å². The first-order valence-corrected chi connectivity index (χ1v) is 4.71. The van der Waals surface area contributed by atoms with Gasteiger partial charge in [-0.2, -0.15) is 0 Å². The molecular weight excluding hydrogens is 160 g/mol. The predicted molar refractivity (Wildman–Crippen MR) is 44.8 cm³/mol. The lowest BCUT2D eigenvalue weighted by Crippen LogP contribution is -2.43. The van der Waals surface area contributed by atoms with E-state index in [-0.39, 0.29) is 10.3 Å². The van der Waals surface area contributed by atoms with Gasteiger partial charge in [-0.3, -0.25) is 0 Å². The highest BCUT2D eigenvalue weighted by Crippen LogP contribution is 2.53. The Balaban J connectivity index is 2.18. The van der Waals surface area contributed by atoms with Crippen LogP contribution in [-0.4, -0.2) is 11.2 Å². The van der Waals surface area contributed by atoms with Crippen LogP contribution in [0.2, 0.25) is 0 Å². The van der Waals surface area contributed by atoms with Gasteiger partial charge in [-0.15, -0.1) is 11.6 Å². The van der Waals surface area contributed by atoms with Gasteiger partial charge >= 0.3 is 0 Å². The van der Waals surface area contributed by atoms with Crippen LogP contribution < -0.4 is 0 Å². The summed E-state index contributed by atoms with van der Waals surface area (Å²) in [6.45, 7) is 0. The Labute approximate surface area is 72.1 Å². The van der Waals surface area contributed by atoms with Crippen LogP contribution in [0.4, 0.5) is 0 Å². The summed E-state index contributed by atoms with van der Waals surface area (Å²) in [4.78, 5) is 10.9. The number of hydrogen-bond donors (Lipinski definition) is 0. The number of carbonyl (C=O) groups excluding carboxylic acids is 1. The molecule has 3 aliphatic carbocycles. The third-order valence-corrected chi connectivity index (χ3v) is 4.03. The number of hydrogen-bond acceptors (Lipinski definition) is 1. The van der Waals surface area contributed by atoms with E-state index in [0.29, 0.717) is 0 Å². The maximum absolute atomic E-state index is 10.8. The topological polar surface area (TPSA) is 17.1 Å². The average Bonchev–Trinajstić information content (AvgIpc) is 2.07. The molecule has 0 unspecified atom stereocenters. The molecule has 0 radical (unpaired) electrons. The van der Waals surface area contributed by atoms with Crippen LogP contribution in [0.25, 0.3) is 0 Å². The Bertz CT molecular complexity index is 163. The lowest BCUT2D eigenvalue weighted by molar-refractivity contribution is -0.120. The van der Waals surface area contributed by atoms with E-state index in [0.717, 1.165) is 38.5 Å². The third kappa shape index (κ3) is 1.10. The molecule has 0 aliphatic heterocycles. The van der Waals surface area contributed by atoms with Crippen molar-refractivity contribution in [2.45, 2.75) is 43.4 Å². The minimum absolute atomic E-state index is 0.0383. The summed E-state index contributed by atoms with van der Waals surface area (Å²) in [5.74, 6) is 0. The van der Waals surface area contributed by atoms with Crippen LogP contribution in [-0.2, 0) is 4.79 Å². The Morgan fingerprint density at radius 2 is 1.45 bits per heavy atom. The van der Waals surface area contributed by atoms with E-state index in [2.05, 4.69) is 0 Å². The van der Waals surface area contributed by atoms with Crippen LogP contribution in [0.3, 0.4) is 0 Å². The van der Waals surface area contributed by atoms with E-state index >= 15 is 0 Å². The highest BCUT2D eigenvalue weighted by Gasteiger charge is 2.47.